The number of hydrogen-bond acceptors (Lipinski definition) is 3. The summed E-state index contributed by atoms with van der Waals surface area (Å²) in [5.41, 5.74) is 5.73. The van der Waals surface area contributed by atoms with Gasteiger partial charge in [-0.1, -0.05) is 111 Å². The van der Waals surface area contributed by atoms with Gasteiger partial charge in [-0.3, -0.25) is 14.9 Å². The van der Waals surface area contributed by atoms with E-state index in [9.17, 15) is 9.59 Å². The van der Waals surface area contributed by atoms with Gasteiger partial charge in [-0.15, -0.1) is 0 Å². The van der Waals surface area contributed by atoms with Crippen LogP contribution in [-0.4, -0.2) is 17.9 Å². The van der Waals surface area contributed by atoms with E-state index in [1.54, 1.807) is 0 Å². The van der Waals surface area contributed by atoms with Crippen molar-refractivity contribution >= 4 is 11.8 Å². The molecule has 3 N–H and O–H groups in total. The smallest absolute Gasteiger partial charge is 0.243 e. The van der Waals surface area contributed by atoms with Crippen molar-refractivity contribution < 1.29 is 9.59 Å². The Morgan fingerprint density at radius 1 is 0.704 bits per heavy atom. The normalized spacial score (nSPS) is 12.3. The lowest BCUT2D eigenvalue weighted by atomic mass is 10.0. The van der Waals surface area contributed by atoms with Crippen molar-refractivity contribution in [2.24, 2.45) is 11.7 Å². The third-order valence-corrected chi connectivity index (χ3v) is 5.29. The number of rotatable bonds is 18. The minimum Gasteiger partial charge on any atom is -0.320 e. The molecule has 1 atom stereocenters. The lowest BCUT2D eigenvalue weighted by molar-refractivity contribution is -0.131. The molecule has 4 nitrogen and oxygen atoms in total. The highest BCUT2D eigenvalue weighted by atomic mass is 16.2. The zero-order valence-corrected chi connectivity index (χ0v) is 18.4. The first-order valence-corrected chi connectivity index (χ1v) is 11.6. The van der Waals surface area contributed by atoms with Crippen LogP contribution in [0.3, 0.4) is 0 Å². The number of carbonyl (C=O) groups is 2. The van der Waals surface area contributed by atoms with E-state index in [0.717, 1.165) is 12.8 Å². The Labute approximate surface area is 168 Å². The van der Waals surface area contributed by atoms with Gasteiger partial charge in [-0.2, -0.15) is 0 Å². The van der Waals surface area contributed by atoms with Crippen LogP contribution in [-0.2, 0) is 9.59 Å². The van der Waals surface area contributed by atoms with Crippen molar-refractivity contribution in [2.75, 3.05) is 0 Å². The fraction of sp³-hybridized carbons (Fsp3) is 0.913. The molecule has 0 fully saturated rings. The second kappa shape index (κ2) is 18.5. The van der Waals surface area contributed by atoms with Crippen molar-refractivity contribution in [3.8, 4) is 0 Å². The number of imide groups is 1. The van der Waals surface area contributed by atoms with Crippen molar-refractivity contribution in [1.29, 1.82) is 0 Å². The predicted octanol–water partition coefficient (Wildman–Crippen LogP) is 5.87. The summed E-state index contributed by atoms with van der Waals surface area (Å²) in [6, 6.07) is -0.602. The van der Waals surface area contributed by atoms with Gasteiger partial charge in [0.25, 0.3) is 0 Å². The van der Waals surface area contributed by atoms with Crippen LogP contribution < -0.4 is 11.1 Å². The molecule has 27 heavy (non-hydrogen) atoms. The number of unbranched alkanes of at least 4 members (excludes halogenated alkanes) is 14. The minimum absolute atomic E-state index is 0.0450. The fourth-order valence-corrected chi connectivity index (χ4v) is 3.24. The van der Waals surface area contributed by atoms with Gasteiger partial charge >= 0.3 is 0 Å². The van der Waals surface area contributed by atoms with E-state index in [2.05, 4.69) is 12.2 Å². The van der Waals surface area contributed by atoms with E-state index < -0.39 is 6.04 Å². The third-order valence-electron chi connectivity index (χ3n) is 5.29. The lowest BCUT2D eigenvalue weighted by Gasteiger charge is -2.14. The monoisotopic (exact) mass is 382 g/mol. The molecule has 2 amide bonds. The fourth-order valence-electron chi connectivity index (χ4n) is 3.24. The largest absolute Gasteiger partial charge is 0.320 e. The SMILES string of the molecule is CCCCCCCCCCCCCCCCCC(=O)NC(=O)[C@@H](N)C(C)C. The Morgan fingerprint density at radius 2 is 1.07 bits per heavy atom. The number of amides is 2. The summed E-state index contributed by atoms with van der Waals surface area (Å²) in [7, 11) is 0. The highest BCUT2D eigenvalue weighted by Gasteiger charge is 2.18. The first kappa shape index (κ1) is 26.1. The molecule has 0 saturated heterocycles. The van der Waals surface area contributed by atoms with Gasteiger partial charge in [0.1, 0.15) is 0 Å². The minimum atomic E-state index is -0.602. The highest BCUT2D eigenvalue weighted by Crippen LogP contribution is 2.13. The van der Waals surface area contributed by atoms with Crippen LogP contribution in [0.1, 0.15) is 124 Å². The molecule has 0 rings (SSSR count). The Balaban J connectivity index is 3.31. The van der Waals surface area contributed by atoms with Crippen LogP contribution in [0.25, 0.3) is 0 Å². The van der Waals surface area contributed by atoms with Gasteiger partial charge in [0.2, 0.25) is 11.8 Å². The number of carbonyl (C=O) groups excluding carboxylic acids is 2. The van der Waals surface area contributed by atoms with Crippen molar-refractivity contribution in [1.82, 2.24) is 5.32 Å². The molecule has 0 unspecified atom stereocenters. The summed E-state index contributed by atoms with van der Waals surface area (Å²) < 4.78 is 0. The van der Waals surface area contributed by atoms with Crippen LogP contribution in [0.15, 0.2) is 0 Å². The molecule has 0 bridgehead atoms. The van der Waals surface area contributed by atoms with E-state index in [-0.39, 0.29) is 17.7 Å². The zero-order chi connectivity index (χ0) is 20.3. The molecule has 0 aromatic rings. The Bertz CT molecular complexity index is 369. The first-order chi connectivity index (χ1) is 13.0. The topological polar surface area (TPSA) is 72.2 Å². The standard InChI is InChI=1S/C23H46N2O2/c1-4-5-6-7-8-9-10-11-12-13-14-15-16-17-18-19-21(26)25-23(27)22(24)20(2)3/h20,22H,4-19,24H2,1-3H3,(H,25,26,27)/t22-/m0/s1. The summed E-state index contributed by atoms with van der Waals surface area (Å²) in [5, 5.41) is 2.41. The molecule has 0 heterocycles. The Morgan fingerprint density at radius 3 is 1.44 bits per heavy atom. The molecule has 0 aliphatic heterocycles. The van der Waals surface area contributed by atoms with E-state index in [1.165, 1.54) is 83.5 Å². The van der Waals surface area contributed by atoms with Crippen molar-refractivity contribution in [3.63, 3.8) is 0 Å². The third kappa shape index (κ3) is 17.0. The summed E-state index contributed by atoms with van der Waals surface area (Å²) in [6.07, 6.45) is 20.0. The second-order valence-corrected chi connectivity index (χ2v) is 8.38. The molecule has 0 spiro atoms. The molecule has 4 heteroatoms. The number of hydrogen-bond donors (Lipinski definition) is 2. The van der Waals surface area contributed by atoms with E-state index >= 15 is 0 Å². The maximum atomic E-state index is 11.7. The highest BCUT2D eigenvalue weighted by molar-refractivity contribution is 5.97. The average Bonchev–Trinajstić information content (AvgIpc) is 2.64. The average molecular weight is 383 g/mol. The molecule has 0 radical (unpaired) electrons. The number of nitrogens with two attached hydrogens (primary N) is 1. The second-order valence-electron chi connectivity index (χ2n) is 8.38. The lowest BCUT2D eigenvalue weighted by Crippen LogP contribution is -2.46. The van der Waals surface area contributed by atoms with E-state index in [0.29, 0.717) is 6.42 Å². The van der Waals surface area contributed by atoms with Gasteiger partial charge in [-0.05, 0) is 12.3 Å². The molecule has 160 valence electrons. The van der Waals surface area contributed by atoms with Gasteiger partial charge in [0, 0.05) is 6.42 Å². The van der Waals surface area contributed by atoms with Crippen LogP contribution in [0.2, 0.25) is 0 Å². The predicted molar refractivity (Wildman–Crippen MR) is 116 cm³/mol. The Hall–Kier alpha value is -0.900. The maximum Gasteiger partial charge on any atom is 0.243 e. The molecule has 0 aliphatic rings. The number of nitrogens with one attached hydrogen (secondary N) is 1. The molecule has 0 aromatic carbocycles. The molecule has 0 aliphatic carbocycles. The summed E-state index contributed by atoms with van der Waals surface area (Å²) in [4.78, 5) is 23.4. The zero-order valence-electron chi connectivity index (χ0n) is 18.4. The van der Waals surface area contributed by atoms with Crippen LogP contribution in [0, 0.1) is 5.92 Å². The van der Waals surface area contributed by atoms with Gasteiger partial charge in [-0.25, -0.2) is 0 Å². The van der Waals surface area contributed by atoms with E-state index in [1.807, 2.05) is 13.8 Å². The Kier molecular flexibility index (Phi) is 17.8. The molecule has 0 saturated carbocycles. The molecule has 0 aromatic heterocycles. The van der Waals surface area contributed by atoms with Gasteiger partial charge < -0.3 is 5.73 Å². The summed E-state index contributed by atoms with van der Waals surface area (Å²) in [5.74, 6) is -0.495. The van der Waals surface area contributed by atoms with Crippen LogP contribution >= 0.6 is 0 Å². The summed E-state index contributed by atoms with van der Waals surface area (Å²) >= 11 is 0. The van der Waals surface area contributed by atoms with E-state index in [4.69, 9.17) is 5.73 Å². The van der Waals surface area contributed by atoms with Crippen molar-refractivity contribution in [3.05, 3.63) is 0 Å². The van der Waals surface area contributed by atoms with Gasteiger partial charge in [0.15, 0.2) is 0 Å². The van der Waals surface area contributed by atoms with Crippen LogP contribution in [0.4, 0.5) is 0 Å². The maximum absolute atomic E-state index is 11.7. The first-order valence-electron chi connectivity index (χ1n) is 11.6. The quantitative estimate of drug-likeness (QED) is 0.291. The molecular weight excluding hydrogens is 336 g/mol. The van der Waals surface area contributed by atoms with Crippen molar-refractivity contribution in [2.45, 2.75) is 130 Å². The molecular formula is C23H46N2O2. The van der Waals surface area contributed by atoms with Gasteiger partial charge in [0.05, 0.1) is 6.04 Å². The summed E-state index contributed by atoms with van der Waals surface area (Å²) in [6.45, 7) is 6.02. The van der Waals surface area contributed by atoms with Crippen LogP contribution in [0.5, 0.6) is 0 Å².